The summed E-state index contributed by atoms with van der Waals surface area (Å²) in [5.41, 5.74) is 1.18. The smallest absolute Gasteiger partial charge is 0.234 e. The van der Waals surface area contributed by atoms with Crippen LogP contribution in [0, 0.1) is 18.3 Å². The average molecular weight is 288 g/mol. The number of nitrogens with two attached hydrogens (primary N) is 1. The average Bonchev–Trinajstić information content (AvgIpc) is 2.77. The molecule has 1 aromatic heterocycles. The Morgan fingerprint density at radius 1 is 1.45 bits per heavy atom. The summed E-state index contributed by atoms with van der Waals surface area (Å²) in [6.07, 6.45) is 0. The number of aryl methyl sites for hydroxylation is 1. The number of nitrogens with zero attached hydrogens (tertiary/aromatic N) is 4. The van der Waals surface area contributed by atoms with Crippen molar-refractivity contribution < 1.29 is 4.79 Å². The van der Waals surface area contributed by atoms with Crippen LogP contribution in [0.1, 0.15) is 11.4 Å². The van der Waals surface area contributed by atoms with E-state index in [1.165, 1.54) is 16.4 Å². The van der Waals surface area contributed by atoms with E-state index in [9.17, 15) is 4.79 Å². The van der Waals surface area contributed by atoms with Crippen molar-refractivity contribution in [3.8, 4) is 6.07 Å². The number of thioether (sulfide) groups is 1. The molecule has 0 fully saturated rings. The molecule has 0 aliphatic rings. The second-order valence-electron chi connectivity index (χ2n) is 3.93. The molecule has 0 bridgehead atoms. The first-order valence-electron chi connectivity index (χ1n) is 5.70. The molecule has 0 spiro atoms. The minimum Gasteiger partial charge on any atom is -0.336 e. The van der Waals surface area contributed by atoms with E-state index in [1.54, 1.807) is 31.2 Å². The summed E-state index contributed by atoms with van der Waals surface area (Å²) in [4.78, 5) is 11.8. The maximum absolute atomic E-state index is 11.8. The maximum atomic E-state index is 11.8. The normalized spacial score (nSPS) is 10.0. The van der Waals surface area contributed by atoms with Gasteiger partial charge in [0, 0.05) is 5.69 Å². The van der Waals surface area contributed by atoms with Gasteiger partial charge >= 0.3 is 0 Å². The number of amides is 1. The van der Waals surface area contributed by atoms with E-state index >= 15 is 0 Å². The Hall–Kier alpha value is -2.53. The number of rotatable bonds is 4. The summed E-state index contributed by atoms with van der Waals surface area (Å²) < 4.78 is 1.33. The Morgan fingerprint density at radius 2 is 2.15 bits per heavy atom. The number of benzene rings is 1. The third-order valence-corrected chi connectivity index (χ3v) is 3.41. The van der Waals surface area contributed by atoms with Gasteiger partial charge in [0.2, 0.25) is 11.1 Å². The van der Waals surface area contributed by atoms with Crippen molar-refractivity contribution in [3.63, 3.8) is 0 Å². The number of hydrogen-bond acceptors (Lipinski definition) is 6. The van der Waals surface area contributed by atoms with Gasteiger partial charge in [0.1, 0.15) is 5.82 Å². The number of hydrogen-bond donors (Lipinski definition) is 2. The Balaban J connectivity index is 1.89. The van der Waals surface area contributed by atoms with Crippen molar-refractivity contribution in [1.29, 1.82) is 5.26 Å². The lowest BCUT2D eigenvalue weighted by atomic mass is 10.2. The fourth-order valence-electron chi connectivity index (χ4n) is 1.40. The molecule has 20 heavy (non-hydrogen) atoms. The Morgan fingerprint density at radius 3 is 2.70 bits per heavy atom. The summed E-state index contributed by atoms with van der Waals surface area (Å²) in [6.45, 7) is 1.73. The fourth-order valence-corrected chi connectivity index (χ4v) is 2.11. The third kappa shape index (κ3) is 3.27. The van der Waals surface area contributed by atoms with Gasteiger partial charge in [0.05, 0.1) is 17.4 Å². The first kappa shape index (κ1) is 13.9. The van der Waals surface area contributed by atoms with Gasteiger partial charge < -0.3 is 11.2 Å². The van der Waals surface area contributed by atoms with E-state index in [0.29, 0.717) is 22.2 Å². The largest absolute Gasteiger partial charge is 0.336 e. The Labute approximate surface area is 119 Å². The number of carbonyl (C=O) groups is 1. The monoisotopic (exact) mass is 288 g/mol. The highest BCUT2D eigenvalue weighted by Gasteiger charge is 2.09. The predicted molar refractivity (Wildman–Crippen MR) is 75.4 cm³/mol. The first-order valence-corrected chi connectivity index (χ1v) is 6.68. The molecule has 1 aromatic carbocycles. The molecule has 8 heteroatoms. The molecule has 0 atom stereocenters. The SMILES string of the molecule is Cc1nnc(SCC(=O)Nc2ccc(C#N)cc2)n1N. The van der Waals surface area contributed by atoms with Crippen molar-refractivity contribution in [2.45, 2.75) is 12.1 Å². The Kier molecular flexibility index (Phi) is 4.22. The number of aromatic nitrogens is 3. The standard InChI is InChI=1S/C12H12N6OS/c1-8-16-17-12(18(8)14)20-7-11(19)15-10-4-2-9(6-13)3-5-10/h2-5H,7,14H2,1H3,(H,15,19). The van der Waals surface area contributed by atoms with Gasteiger partial charge in [-0.25, -0.2) is 4.68 Å². The predicted octanol–water partition coefficient (Wildman–Crippen LogP) is 0.903. The molecule has 3 N–H and O–H groups in total. The third-order valence-electron chi connectivity index (χ3n) is 2.47. The van der Waals surface area contributed by atoms with Gasteiger partial charge in [-0.2, -0.15) is 5.26 Å². The highest BCUT2D eigenvalue weighted by Crippen LogP contribution is 2.15. The van der Waals surface area contributed by atoms with Gasteiger partial charge in [-0.05, 0) is 31.2 Å². The minimum atomic E-state index is -0.180. The van der Waals surface area contributed by atoms with Crippen LogP contribution in [-0.4, -0.2) is 26.5 Å². The molecule has 102 valence electrons. The summed E-state index contributed by atoms with van der Waals surface area (Å²) in [5, 5.41) is 19.5. The van der Waals surface area contributed by atoms with E-state index in [2.05, 4.69) is 15.5 Å². The molecule has 0 aliphatic carbocycles. The second kappa shape index (κ2) is 6.08. The van der Waals surface area contributed by atoms with Crippen LogP contribution in [-0.2, 0) is 4.79 Å². The van der Waals surface area contributed by atoms with E-state index in [1.807, 2.05) is 6.07 Å². The molecule has 2 rings (SSSR count). The number of nitrogens with one attached hydrogen (secondary N) is 1. The van der Waals surface area contributed by atoms with Crippen LogP contribution in [0.25, 0.3) is 0 Å². The highest BCUT2D eigenvalue weighted by atomic mass is 32.2. The number of nitrogen functional groups attached to an aromatic ring is 1. The van der Waals surface area contributed by atoms with Crippen molar-refractivity contribution in [3.05, 3.63) is 35.7 Å². The van der Waals surface area contributed by atoms with Crippen LogP contribution in [0.5, 0.6) is 0 Å². The molecule has 1 heterocycles. The molecule has 0 saturated carbocycles. The minimum absolute atomic E-state index is 0.176. The van der Waals surface area contributed by atoms with Gasteiger partial charge in [0.25, 0.3) is 0 Å². The summed E-state index contributed by atoms with van der Waals surface area (Å²) in [7, 11) is 0. The molecule has 0 unspecified atom stereocenters. The van der Waals surface area contributed by atoms with Crippen LogP contribution < -0.4 is 11.2 Å². The van der Waals surface area contributed by atoms with Crippen LogP contribution >= 0.6 is 11.8 Å². The van der Waals surface area contributed by atoms with Crippen molar-refractivity contribution in [2.75, 3.05) is 16.9 Å². The van der Waals surface area contributed by atoms with Crippen LogP contribution in [0.15, 0.2) is 29.4 Å². The van der Waals surface area contributed by atoms with Crippen molar-refractivity contribution >= 4 is 23.4 Å². The fraction of sp³-hybridized carbons (Fsp3) is 0.167. The van der Waals surface area contributed by atoms with E-state index in [-0.39, 0.29) is 11.7 Å². The van der Waals surface area contributed by atoms with Crippen LogP contribution in [0.2, 0.25) is 0 Å². The maximum Gasteiger partial charge on any atom is 0.234 e. The molecule has 0 radical (unpaired) electrons. The zero-order valence-corrected chi connectivity index (χ0v) is 11.5. The lowest BCUT2D eigenvalue weighted by molar-refractivity contribution is -0.113. The Bertz CT molecular complexity index is 658. The van der Waals surface area contributed by atoms with Crippen LogP contribution in [0.3, 0.4) is 0 Å². The van der Waals surface area contributed by atoms with Gasteiger partial charge in [-0.1, -0.05) is 11.8 Å². The quantitative estimate of drug-likeness (QED) is 0.639. The zero-order chi connectivity index (χ0) is 14.5. The highest BCUT2D eigenvalue weighted by molar-refractivity contribution is 7.99. The second-order valence-corrected chi connectivity index (χ2v) is 4.87. The van der Waals surface area contributed by atoms with Gasteiger partial charge in [0.15, 0.2) is 0 Å². The lowest BCUT2D eigenvalue weighted by Crippen LogP contribution is -2.16. The number of carbonyl (C=O) groups excluding carboxylic acids is 1. The molecule has 7 nitrogen and oxygen atoms in total. The molecular formula is C12H12N6OS. The molecule has 2 aromatic rings. The first-order chi connectivity index (χ1) is 9.60. The molecule has 0 saturated heterocycles. The van der Waals surface area contributed by atoms with Crippen molar-refractivity contribution in [1.82, 2.24) is 14.9 Å². The summed E-state index contributed by atoms with van der Waals surface area (Å²) >= 11 is 1.20. The van der Waals surface area contributed by atoms with Crippen molar-refractivity contribution in [2.24, 2.45) is 0 Å². The summed E-state index contributed by atoms with van der Waals surface area (Å²) in [6, 6.07) is 8.65. The molecule has 1 amide bonds. The lowest BCUT2D eigenvalue weighted by Gasteiger charge is -2.04. The van der Waals surface area contributed by atoms with E-state index < -0.39 is 0 Å². The van der Waals surface area contributed by atoms with Gasteiger partial charge in [-0.15, -0.1) is 10.2 Å². The van der Waals surface area contributed by atoms with E-state index in [4.69, 9.17) is 11.1 Å². The van der Waals surface area contributed by atoms with Gasteiger partial charge in [-0.3, -0.25) is 4.79 Å². The molecule has 0 aliphatic heterocycles. The van der Waals surface area contributed by atoms with Crippen LogP contribution in [0.4, 0.5) is 5.69 Å². The number of nitriles is 1. The summed E-state index contributed by atoms with van der Waals surface area (Å²) in [5.74, 6) is 6.26. The van der Waals surface area contributed by atoms with E-state index in [0.717, 1.165) is 0 Å². The topological polar surface area (TPSA) is 110 Å². The molecular weight excluding hydrogens is 276 g/mol. The zero-order valence-electron chi connectivity index (χ0n) is 10.7. The number of anilines is 1.